The molecule has 0 radical (unpaired) electrons. The maximum Gasteiger partial charge on any atom is 0.325 e. The van der Waals surface area contributed by atoms with E-state index in [0.717, 1.165) is 16.9 Å². The molecule has 2 amide bonds. The molecule has 0 aromatic heterocycles. The third kappa shape index (κ3) is 7.60. The molecular formula is C23H21FN4O2S. The molecule has 3 rings (SSSR count). The number of halogens is 1. The van der Waals surface area contributed by atoms with E-state index in [9.17, 15) is 9.18 Å². The summed E-state index contributed by atoms with van der Waals surface area (Å²) in [6.45, 7) is 0. The number of methoxy groups -OCH3 is 1. The first kappa shape index (κ1) is 22.0. The number of benzene rings is 3. The molecule has 6 nitrogen and oxygen atoms in total. The third-order valence-corrected chi connectivity index (χ3v) is 4.95. The van der Waals surface area contributed by atoms with Crippen LogP contribution in [0.25, 0.3) is 0 Å². The molecule has 158 valence electrons. The number of carbonyl (C=O) groups is 1. The van der Waals surface area contributed by atoms with Crippen molar-refractivity contribution in [2.24, 2.45) is 10.2 Å². The van der Waals surface area contributed by atoms with E-state index in [1.807, 2.05) is 42.5 Å². The Hall–Kier alpha value is -3.65. The van der Waals surface area contributed by atoms with Crippen LogP contribution in [0.5, 0.6) is 5.75 Å². The summed E-state index contributed by atoms with van der Waals surface area (Å²) in [6, 6.07) is 22.1. The van der Waals surface area contributed by atoms with E-state index in [4.69, 9.17) is 4.74 Å². The van der Waals surface area contributed by atoms with Gasteiger partial charge < -0.3 is 10.1 Å². The van der Waals surface area contributed by atoms with Gasteiger partial charge in [-0.25, -0.2) is 9.18 Å². The van der Waals surface area contributed by atoms with Crippen LogP contribution in [-0.4, -0.2) is 24.5 Å². The van der Waals surface area contributed by atoms with Crippen molar-refractivity contribution in [2.75, 3.05) is 12.4 Å². The van der Waals surface area contributed by atoms with E-state index in [-0.39, 0.29) is 5.82 Å². The second kappa shape index (κ2) is 11.5. The Bertz CT molecular complexity index is 1040. The van der Waals surface area contributed by atoms with Crippen LogP contribution in [0.15, 0.2) is 89.1 Å². The number of thioether (sulfide) groups is 1. The van der Waals surface area contributed by atoms with Crippen molar-refractivity contribution in [1.29, 1.82) is 0 Å². The highest BCUT2D eigenvalue weighted by Gasteiger charge is 2.08. The fourth-order valence-corrected chi connectivity index (χ4v) is 3.21. The number of nitrogens with zero attached hydrogens (tertiary/aromatic N) is 2. The van der Waals surface area contributed by atoms with E-state index in [1.165, 1.54) is 23.9 Å². The number of para-hydroxylation sites is 1. The first-order valence-corrected chi connectivity index (χ1v) is 10.4. The van der Waals surface area contributed by atoms with E-state index in [2.05, 4.69) is 20.8 Å². The van der Waals surface area contributed by atoms with Crippen molar-refractivity contribution in [3.8, 4) is 5.75 Å². The van der Waals surface area contributed by atoms with Gasteiger partial charge in [0.15, 0.2) is 5.17 Å². The Kier molecular flexibility index (Phi) is 8.19. The number of nitrogens with one attached hydrogen (secondary N) is 2. The average molecular weight is 437 g/mol. The summed E-state index contributed by atoms with van der Waals surface area (Å²) < 4.78 is 18.2. The largest absolute Gasteiger partial charge is 0.497 e. The van der Waals surface area contributed by atoms with Crippen molar-refractivity contribution in [2.45, 2.75) is 5.75 Å². The van der Waals surface area contributed by atoms with Crippen LogP contribution < -0.4 is 15.4 Å². The molecule has 2 N–H and O–H groups in total. The minimum Gasteiger partial charge on any atom is -0.497 e. The van der Waals surface area contributed by atoms with Gasteiger partial charge in [0.05, 0.1) is 13.3 Å². The molecule has 3 aromatic rings. The van der Waals surface area contributed by atoms with Gasteiger partial charge in [0.1, 0.15) is 11.6 Å². The SMILES string of the molecule is COc1ccc(C=N/N=C(\NC(=O)Nc2ccccc2)SCc2ccc(F)cc2)cc1. The molecule has 0 fully saturated rings. The van der Waals surface area contributed by atoms with E-state index in [0.29, 0.717) is 16.6 Å². The van der Waals surface area contributed by atoms with E-state index >= 15 is 0 Å². The van der Waals surface area contributed by atoms with Gasteiger partial charge in [0.25, 0.3) is 0 Å². The van der Waals surface area contributed by atoms with Crippen LogP contribution in [0.1, 0.15) is 11.1 Å². The molecule has 8 heteroatoms. The Balaban J connectivity index is 1.68. The van der Waals surface area contributed by atoms with Gasteiger partial charge in [-0.1, -0.05) is 42.1 Å². The van der Waals surface area contributed by atoms with Crippen molar-refractivity contribution >= 4 is 34.9 Å². The van der Waals surface area contributed by atoms with Gasteiger partial charge in [0, 0.05) is 11.4 Å². The lowest BCUT2D eigenvalue weighted by molar-refractivity contribution is 0.256. The predicted molar refractivity (Wildman–Crippen MR) is 124 cm³/mol. The standard InChI is InChI=1S/C23H21FN4O2S/c1-30-21-13-9-17(10-14-21)15-25-28-23(31-16-18-7-11-19(24)12-8-18)27-22(29)26-20-5-3-2-4-6-20/h2-15H,16H2,1H3,(H2,26,27,28,29). The van der Waals surface area contributed by atoms with Crippen molar-refractivity contribution in [3.63, 3.8) is 0 Å². The van der Waals surface area contributed by atoms with E-state index < -0.39 is 6.03 Å². The van der Waals surface area contributed by atoms with Gasteiger partial charge in [-0.2, -0.15) is 5.10 Å². The number of urea groups is 1. The zero-order valence-electron chi connectivity index (χ0n) is 16.8. The highest BCUT2D eigenvalue weighted by Crippen LogP contribution is 2.15. The Labute approximate surface area is 184 Å². The first-order chi connectivity index (χ1) is 15.1. The van der Waals surface area contributed by atoms with Crippen LogP contribution in [0.2, 0.25) is 0 Å². The van der Waals surface area contributed by atoms with E-state index in [1.54, 1.807) is 37.6 Å². The van der Waals surface area contributed by atoms with Crippen molar-refractivity contribution < 1.29 is 13.9 Å². The maximum atomic E-state index is 13.1. The lowest BCUT2D eigenvalue weighted by atomic mass is 10.2. The normalized spacial score (nSPS) is 11.4. The minimum atomic E-state index is -0.434. The van der Waals surface area contributed by atoms with Gasteiger partial charge in [-0.05, 0) is 59.7 Å². The summed E-state index contributed by atoms with van der Waals surface area (Å²) in [5.41, 5.74) is 2.38. The number of hydrogen-bond acceptors (Lipinski definition) is 5. The molecule has 0 saturated heterocycles. The van der Waals surface area contributed by atoms with Crippen LogP contribution in [0.4, 0.5) is 14.9 Å². The summed E-state index contributed by atoms with van der Waals surface area (Å²) in [7, 11) is 1.60. The smallest absolute Gasteiger partial charge is 0.325 e. The number of anilines is 1. The number of rotatable bonds is 6. The molecule has 0 saturated carbocycles. The highest BCUT2D eigenvalue weighted by atomic mass is 32.2. The van der Waals surface area contributed by atoms with Crippen LogP contribution in [0, 0.1) is 5.82 Å². The summed E-state index contributed by atoms with van der Waals surface area (Å²) in [6.07, 6.45) is 1.58. The average Bonchev–Trinajstić information content (AvgIpc) is 2.79. The van der Waals surface area contributed by atoms with Gasteiger partial charge >= 0.3 is 6.03 Å². The zero-order valence-corrected chi connectivity index (χ0v) is 17.6. The first-order valence-electron chi connectivity index (χ1n) is 9.38. The number of amides is 2. The topological polar surface area (TPSA) is 75.1 Å². The van der Waals surface area contributed by atoms with Crippen LogP contribution >= 0.6 is 11.8 Å². The predicted octanol–water partition coefficient (Wildman–Crippen LogP) is 5.28. The monoisotopic (exact) mass is 436 g/mol. The molecule has 0 heterocycles. The number of ether oxygens (including phenoxy) is 1. The summed E-state index contributed by atoms with van der Waals surface area (Å²) >= 11 is 1.28. The molecule has 0 atom stereocenters. The number of carbonyl (C=O) groups excluding carboxylic acids is 1. The maximum absolute atomic E-state index is 13.1. The summed E-state index contributed by atoms with van der Waals surface area (Å²) in [5.74, 6) is 0.936. The van der Waals surface area contributed by atoms with Gasteiger partial charge in [-0.3, -0.25) is 5.32 Å². The molecule has 31 heavy (non-hydrogen) atoms. The lowest BCUT2D eigenvalue weighted by Gasteiger charge is -2.09. The minimum absolute atomic E-state index is 0.299. The van der Waals surface area contributed by atoms with Crippen molar-refractivity contribution in [3.05, 3.63) is 95.8 Å². The van der Waals surface area contributed by atoms with Crippen LogP contribution in [0.3, 0.4) is 0 Å². The molecule has 0 unspecified atom stereocenters. The molecule has 3 aromatic carbocycles. The molecule has 0 aliphatic carbocycles. The highest BCUT2D eigenvalue weighted by molar-refractivity contribution is 8.13. The zero-order chi connectivity index (χ0) is 21.9. The Morgan fingerprint density at radius 2 is 1.74 bits per heavy atom. The Morgan fingerprint density at radius 3 is 2.42 bits per heavy atom. The quantitative estimate of drug-likeness (QED) is 0.314. The lowest BCUT2D eigenvalue weighted by Crippen LogP contribution is -2.32. The van der Waals surface area contributed by atoms with Crippen LogP contribution in [-0.2, 0) is 5.75 Å². The summed E-state index contributed by atoms with van der Waals surface area (Å²) in [4.78, 5) is 12.4. The number of hydrogen-bond donors (Lipinski definition) is 2. The number of amidine groups is 1. The van der Waals surface area contributed by atoms with Gasteiger partial charge in [0.2, 0.25) is 0 Å². The molecule has 0 aliphatic heterocycles. The second-order valence-electron chi connectivity index (χ2n) is 6.28. The third-order valence-electron chi connectivity index (χ3n) is 4.01. The molecule has 0 bridgehead atoms. The molecule has 0 aliphatic rings. The molecule has 0 spiro atoms. The van der Waals surface area contributed by atoms with Gasteiger partial charge in [-0.15, -0.1) is 5.10 Å². The van der Waals surface area contributed by atoms with Crippen molar-refractivity contribution in [1.82, 2.24) is 5.32 Å². The fourth-order valence-electron chi connectivity index (χ4n) is 2.44. The molecular weight excluding hydrogens is 415 g/mol. The Morgan fingerprint density at radius 1 is 1.03 bits per heavy atom. The second-order valence-corrected chi connectivity index (χ2v) is 7.25. The fraction of sp³-hybridized carbons (Fsp3) is 0.0870. The summed E-state index contributed by atoms with van der Waals surface area (Å²) in [5, 5.41) is 14.0.